The Morgan fingerprint density at radius 2 is 2.00 bits per heavy atom. The Kier molecular flexibility index (Phi) is 5.46. The molecule has 0 unspecified atom stereocenters. The van der Waals surface area contributed by atoms with Crippen LogP contribution in [-0.2, 0) is 10.9 Å². The Morgan fingerprint density at radius 1 is 1.21 bits per heavy atom. The molecule has 146 valence electrons. The normalized spacial score (nSPS) is 11.6. The van der Waals surface area contributed by atoms with Crippen LogP contribution >= 0.6 is 0 Å². The third kappa shape index (κ3) is 4.04. The summed E-state index contributed by atoms with van der Waals surface area (Å²) in [5.74, 6) is -0.345. The maximum Gasteiger partial charge on any atom is 0.416 e. The van der Waals surface area contributed by atoms with E-state index in [9.17, 15) is 22.8 Å². The number of aromatic nitrogens is 2. The number of hydrogen-bond acceptors (Lipinski definition) is 4. The third-order valence-corrected chi connectivity index (χ3v) is 4.06. The molecule has 0 aliphatic carbocycles. The number of nitrogens with one attached hydrogen (secondary N) is 1. The lowest BCUT2D eigenvalue weighted by Crippen LogP contribution is -2.27. The van der Waals surface area contributed by atoms with Crippen LogP contribution in [0.25, 0.3) is 16.6 Å². The van der Waals surface area contributed by atoms with Gasteiger partial charge >= 0.3 is 6.18 Å². The zero-order valence-corrected chi connectivity index (χ0v) is 14.8. The van der Waals surface area contributed by atoms with Gasteiger partial charge in [0.05, 0.1) is 28.8 Å². The number of amides is 1. The van der Waals surface area contributed by atoms with E-state index < -0.39 is 17.3 Å². The van der Waals surface area contributed by atoms with Gasteiger partial charge in [-0.2, -0.15) is 13.2 Å². The van der Waals surface area contributed by atoms with Crippen LogP contribution in [0.1, 0.15) is 15.9 Å². The molecular weight excluding hydrogens is 375 g/mol. The first kappa shape index (κ1) is 19.6. The van der Waals surface area contributed by atoms with Crippen molar-refractivity contribution in [2.24, 2.45) is 0 Å². The van der Waals surface area contributed by atoms with Gasteiger partial charge in [-0.3, -0.25) is 14.2 Å². The molecule has 0 saturated heterocycles. The summed E-state index contributed by atoms with van der Waals surface area (Å²) in [6, 6.07) is 8.77. The quantitative estimate of drug-likeness (QED) is 0.679. The van der Waals surface area contributed by atoms with Crippen LogP contribution in [0, 0.1) is 0 Å². The molecule has 0 aliphatic heterocycles. The first-order valence-corrected chi connectivity index (χ1v) is 8.27. The van der Waals surface area contributed by atoms with E-state index in [1.54, 1.807) is 0 Å². The SMILES string of the molecule is COCCNC(=O)c1ccc2c(=O)n(-c3cccc(C(F)(F)F)c3)cnc2c1. The van der Waals surface area contributed by atoms with E-state index in [-0.39, 0.29) is 22.5 Å². The smallest absolute Gasteiger partial charge is 0.383 e. The first-order valence-electron chi connectivity index (χ1n) is 8.27. The van der Waals surface area contributed by atoms with E-state index in [2.05, 4.69) is 10.3 Å². The summed E-state index contributed by atoms with van der Waals surface area (Å²) in [7, 11) is 1.52. The van der Waals surface area contributed by atoms with Gasteiger partial charge in [-0.25, -0.2) is 4.98 Å². The van der Waals surface area contributed by atoms with Gasteiger partial charge in [-0.15, -0.1) is 0 Å². The molecule has 1 amide bonds. The number of carbonyl (C=O) groups excluding carboxylic acids is 1. The van der Waals surface area contributed by atoms with Crippen molar-refractivity contribution in [1.82, 2.24) is 14.9 Å². The van der Waals surface area contributed by atoms with Gasteiger partial charge in [0, 0.05) is 19.2 Å². The molecule has 9 heteroatoms. The van der Waals surface area contributed by atoms with Crippen molar-refractivity contribution < 1.29 is 22.7 Å². The average molecular weight is 391 g/mol. The van der Waals surface area contributed by atoms with Gasteiger partial charge in [0.25, 0.3) is 11.5 Å². The second-order valence-electron chi connectivity index (χ2n) is 5.95. The molecule has 0 spiro atoms. The van der Waals surface area contributed by atoms with Crippen molar-refractivity contribution >= 4 is 16.8 Å². The van der Waals surface area contributed by atoms with Gasteiger partial charge in [0.15, 0.2) is 0 Å². The summed E-state index contributed by atoms with van der Waals surface area (Å²) in [5.41, 5.74) is -0.758. The van der Waals surface area contributed by atoms with Gasteiger partial charge in [-0.1, -0.05) is 6.07 Å². The van der Waals surface area contributed by atoms with E-state index in [1.165, 1.54) is 37.4 Å². The first-order chi connectivity index (χ1) is 13.3. The van der Waals surface area contributed by atoms with E-state index >= 15 is 0 Å². The Balaban J connectivity index is 1.98. The van der Waals surface area contributed by atoms with Crippen LogP contribution in [0.3, 0.4) is 0 Å². The predicted octanol–water partition coefficient (Wildman–Crippen LogP) is 2.78. The molecule has 0 saturated carbocycles. The van der Waals surface area contributed by atoms with Crippen LogP contribution in [0.15, 0.2) is 53.6 Å². The van der Waals surface area contributed by atoms with E-state index in [0.29, 0.717) is 18.7 Å². The Bertz CT molecular complexity index is 1080. The largest absolute Gasteiger partial charge is 0.416 e. The standard InChI is InChI=1S/C19H16F3N3O3/c1-28-8-7-23-17(26)12-5-6-15-16(9-12)24-11-25(18(15)27)14-4-2-3-13(10-14)19(20,21)22/h2-6,9-11H,7-8H2,1H3,(H,23,26). The molecule has 0 bridgehead atoms. The highest BCUT2D eigenvalue weighted by Crippen LogP contribution is 2.30. The predicted molar refractivity (Wildman–Crippen MR) is 96.6 cm³/mol. The number of halogens is 3. The Morgan fingerprint density at radius 3 is 2.71 bits per heavy atom. The van der Waals surface area contributed by atoms with Crippen molar-refractivity contribution in [1.29, 1.82) is 0 Å². The van der Waals surface area contributed by atoms with Gasteiger partial charge in [0.1, 0.15) is 6.33 Å². The highest BCUT2D eigenvalue weighted by molar-refractivity contribution is 5.97. The van der Waals surface area contributed by atoms with Crippen LogP contribution < -0.4 is 10.9 Å². The van der Waals surface area contributed by atoms with Crippen molar-refractivity contribution in [2.45, 2.75) is 6.18 Å². The minimum Gasteiger partial charge on any atom is -0.383 e. The zero-order valence-electron chi connectivity index (χ0n) is 14.8. The second kappa shape index (κ2) is 7.81. The molecule has 6 nitrogen and oxygen atoms in total. The van der Waals surface area contributed by atoms with Crippen molar-refractivity contribution in [3.05, 3.63) is 70.3 Å². The molecule has 0 radical (unpaired) electrons. The van der Waals surface area contributed by atoms with E-state index in [0.717, 1.165) is 23.0 Å². The number of methoxy groups -OCH3 is 1. The Hall–Kier alpha value is -3.20. The van der Waals surface area contributed by atoms with Crippen LogP contribution in [-0.4, -0.2) is 35.7 Å². The number of carbonyl (C=O) groups is 1. The molecule has 2 aromatic carbocycles. The maximum absolute atomic E-state index is 12.9. The van der Waals surface area contributed by atoms with Gasteiger partial charge in [-0.05, 0) is 36.4 Å². The maximum atomic E-state index is 12.9. The molecule has 3 rings (SSSR count). The molecule has 0 fully saturated rings. The monoisotopic (exact) mass is 391 g/mol. The minimum atomic E-state index is -4.52. The van der Waals surface area contributed by atoms with Crippen molar-refractivity contribution in [3.63, 3.8) is 0 Å². The molecule has 1 N–H and O–H groups in total. The summed E-state index contributed by atoms with van der Waals surface area (Å²) in [4.78, 5) is 28.9. The molecule has 0 atom stereocenters. The lowest BCUT2D eigenvalue weighted by Gasteiger charge is -2.11. The second-order valence-corrected chi connectivity index (χ2v) is 5.95. The average Bonchev–Trinajstić information content (AvgIpc) is 2.67. The van der Waals surface area contributed by atoms with Crippen molar-refractivity contribution in [2.75, 3.05) is 20.3 Å². The zero-order chi connectivity index (χ0) is 20.3. The molecule has 1 aromatic heterocycles. The van der Waals surface area contributed by atoms with Crippen LogP contribution in [0.4, 0.5) is 13.2 Å². The van der Waals surface area contributed by atoms with Gasteiger partial charge < -0.3 is 10.1 Å². The highest BCUT2D eigenvalue weighted by Gasteiger charge is 2.30. The van der Waals surface area contributed by atoms with Gasteiger partial charge in [0.2, 0.25) is 0 Å². The van der Waals surface area contributed by atoms with E-state index in [4.69, 9.17) is 4.74 Å². The fraction of sp³-hybridized carbons (Fsp3) is 0.211. The molecule has 28 heavy (non-hydrogen) atoms. The summed E-state index contributed by atoms with van der Waals surface area (Å²) < 4.78 is 44.7. The van der Waals surface area contributed by atoms with Crippen LogP contribution in [0.2, 0.25) is 0 Å². The molecular formula is C19H16F3N3O3. The number of nitrogens with zero attached hydrogens (tertiary/aromatic N) is 2. The third-order valence-electron chi connectivity index (χ3n) is 4.06. The number of benzene rings is 2. The highest BCUT2D eigenvalue weighted by atomic mass is 19.4. The summed E-state index contributed by atoms with van der Waals surface area (Å²) in [6.45, 7) is 0.692. The molecule has 0 aliphatic rings. The van der Waals surface area contributed by atoms with E-state index in [1.807, 2.05) is 0 Å². The number of fused-ring (bicyclic) bond motifs is 1. The number of rotatable bonds is 5. The van der Waals surface area contributed by atoms with Crippen molar-refractivity contribution in [3.8, 4) is 5.69 Å². The fourth-order valence-corrected chi connectivity index (χ4v) is 2.65. The summed E-state index contributed by atoms with van der Waals surface area (Å²) >= 11 is 0. The number of alkyl halides is 3. The molecule has 1 heterocycles. The summed E-state index contributed by atoms with van der Waals surface area (Å²) in [5, 5.41) is 2.84. The lowest BCUT2D eigenvalue weighted by molar-refractivity contribution is -0.137. The number of hydrogen-bond donors (Lipinski definition) is 1. The lowest BCUT2D eigenvalue weighted by atomic mass is 10.1. The summed E-state index contributed by atoms with van der Waals surface area (Å²) in [6.07, 6.45) is -3.37. The number of ether oxygens (including phenoxy) is 1. The minimum absolute atomic E-state index is 0.0515. The van der Waals surface area contributed by atoms with Crippen LogP contribution in [0.5, 0.6) is 0 Å². The Labute approximate surface area is 157 Å². The topological polar surface area (TPSA) is 73.2 Å². The fourth-order valence-electron chi connectivity index (χ4n) is 2.65. The molecule has 3 aromatic rings.